The van der Waals surface area contributed by atoms with E-state index < -0.39 is 97.5 Å². The quantitative estimate of drug-likeness (QED) is 0.0169. The van der Waals surface area contributed by atoms with Crippen LogP contribution in [-0.2, 0) is 65.4 Å². The molecule has 3 N–H and O–H groups in total. The second-order valence-electron chi connectivity index (χ2n) is 24.5. The molecule has 552 valence electrons. The molecular formula is C77H132O17P2. The van der Waals surface area contributed by atoms with Crippen LogP contribution >= 0.6 is 15.6 Å². The molecule has 0 radical (unpaired) electrons. The first-order chi connectivity index (χ1) is 46.7. The van der Waals surface area contributed by atoms with Gasteiger partial charge in [-0.05, 0) is 141 Å². The third-order valence-corrected chi connectivity index (χ3v) is 17.1. The smallest absolute Gasteiger partial charge is 0.462 e. The summed E-state index contributed by atoms with van der Waals surface area (Å²) in [7, 11) is -9.96. The molecule has 19 heteroatoms. The van der Waals surface area contributed by atoms with Gasteiger partial charge in [0.25, 0.3) is 0 Å². The zero-order valence-electron chi connectivity index (χ0n) is 60.0. The van der Waals surface area contributed by atoms with Crippen molar-refractivity contribution in [2.75, 3.05) is 39.6 Å². The molecule has 5 atom stereocenters. The minimum absolute atomic E-state index is 0.0696. The van der Waals surface area contributed by atoms with Gasteiger partial charge in [0, 0.05) is 25.7 Å². The van der Waals surface area contributed by atoms with Crippen molar-refractivity contribution in [3.8, 4) is 0 Å². The normalized spacial score (nSPS) is 14.6. The van der Waals surface area contributed by atoms with Crippen LogP contribution in [0.2, 0.25) is 0 Å². The van der Waals surface area contributed by atoms with E-state index in [9.17, 15) is 43.2 Å². The van der Waals surface area contributed by atoms with Crippen LogP contribution in [0.1, 0.15) is 297 Å². The lowest BCUT2D eigenvalue weighted by molar-refractivity contribution is -0.161. The molecule has 0 rings (SSSR count). The van der Waals surface area contributed by atoms with E-state index in [1.165, 1.54) is 44.9 Å². The fraction of sp³-hybridized carbons (Fsp3) is 0.714. The summed E-state index contributed by atoms with van der Waals surface area (Å²) in [5.41, 5.74) is 0. The second-order valence-corrected chi connectivity index (χ2v) is 27.4. The lowest BCUT2D eigenvalue weighted by Gasteiger charge is -2.21. The molecule has 0 heterocycles. The Morgan fingerprint density at radius 1 is 0.302 bits per heavy atom. The van der Waals surface area contributed by atoms with Gasteiger partial charge in [0.15, 0.2) is 12.2 Å². The summed E-state index contributed by atoms with van der Waals surface area (Å²) >= 11 is 0. The number of phosphoric acid groups is 2. The summed E-state index contributed by atoms with van der Waals surface area (Å²) in [6, 6.07) is 0. The highest BCUT2D eigenvalue weighted by molar-refractivity contribution is 7.47. The van der Waals surface area contributed by atoms with E-state index in [1.807, 2.05) is 0 Å². The van der Waals surface area contributed by atoms with Crippen molar-refractivity contribution in [1.29, 1.82) is 0 Å². The van der Waals surface area contributed by atoms with Gasteiger partial charge in [-0.25, -0.2) is 9.13 Å². The second kappa shape index (κ2) is 69.2. The van der Waals surface area contributed by atoms with Crippen LogP contribution in [-0.4, -0.2) is 96.7 Å². The van der Waals surface area contributed by atoms with Crippen LogP contribution in [0.3, 0.4) is 0 Å². The highest BCUT2D eigenvalue weighted by Gasteiger charge is 2.30. The van der Waals surface area contributed by atoms with Gasteiger partial charge >= 0.3 is 39.5 Å². The molecule has 0 aromatic heterocycles. The van der Waals surface area contributed by atoms with Gasteiger partial charge in [0.1, 0.15) is 19.3 Å². The summed E-state index contributed by atoms with van der Waals surface area (Å²) in [6.45, 7) is 4.57. The van der Waals surface area contributed by atoms with E-state index in [-0.39, 0.29) is 25.7 Å². The predicted octanol–water partition coefficient (Wildman–Crippen LogP) is 21.0. The number of allylic oxidation sites excluding steroid dienone is 18. The first-order valence-electron chi connectivity index (χ1n) is 37.1. The van der Waals surface area contributed by atoms with Crippen LogP contribution in [0.25, 0.3) is 0 Å². The fourth-order valence-electron chi connectivity index (χ4n) is 9.47. The largest absolute Gasteiger partial charge is 0.472 e. The summed E-state index contributed by atoms with van der Waals surface area (Å²) < 4.78 is 68.3. The maximum absolute atomic E-state index is 13.1. The minimum atomic E-state index is -4.98. The molecule has 17 nitrogen and oxygen atoms in total. The number of ether oxygens (including phenoxy) is 4. The van der Waals surface area contributed by atoms with Crippen molar-refractivity contribution in [2.24, 2.45) is 0 Å². The molecule has 0 aliphatic rings. The van der Waals surface area contributed by atoms with E-state index in [0.29, 0.717) is 25.7 Å². The van der Waals surface area contributed by atoms with Gasteiger partial charge in [0.05, 0.1) is 26.4 Å². The molecule has 96 heavy (non-hydrogen) atoms. The number of aliphatic hydroxyl groups excluding tert-OH is 1. The molecule has 0 aromatic carbocycles. The third kappa shape index (κ3) is 68.3. The molecule has 5 unspecified atom stereocenters. The van der Waals surface area contributed by atoms with Crippen LogP contribution in [0.15, 0.2) is 109 Å². The third-order valence-electron chi connectivity index (χ3n) is 15.2. The maximum Gasteiger partial charge on any atom is 0.472 e. The van der Waals surface area contributed by atoms with Crippen LogP contribution in [0.5, 0.6) is 0 Å². The molecule has 0 saturated carbocycles. The Morgan fingerprint density at radius 3 is 0.885 bits per heavy atom. The van der Waals surface area contributed by atoms with E-state index in [2.05, 4.69) is 137 Å². The van der Waals surface area contributed by atoms with Crippen LogP contribution in [0.4, 0.5) is 0 Å². The Labute approximate surface area is 581 Å². The predicted molar refractivity (Wildman–Crippen MR) is 390 cm³/mol. The van der Waals surface area contributed by atoms with Crippen molar-refractivity contribution in [1.82, 2.24) is 0 Å². The number of carbonyl (C=O) groups excluding carboxylic acids is 4. The van der Waals surface area contributed by atoms with E-state index in [1.54, 1.807) is 0 Å². The molecule has 0 spiro atoms. The van der Waals surface area contributed by atoms with E-state index >= 15 is 0 Å². The van der Waals surface area contributed by atoms with Crippen molar-refractivity contribution >= 4 is 39.5 Å². The number of phosphoric ester groups is 2. The van der Waals surface area contributed by atoms with Gasteiger partial charge in [-0.1, -0.05) is 240 Å². The van der Waals surface area contributed by atoms with Gasteiger partial charge < -0.3 is 33.8 Å². The summed E-state index contributed by atoms with van der Waals surface area (Å²) in [5, 5.41) is 10.6. The average molecular weight is 1390 g/mol. The standard InChI is InChI=1S/C77H132O17P2/c1-5-9-13-17-21-25-29-31-33-34-35-36-38-39-43-46-50-54-58-62-75(80)88-68-73(94-77(82)64-60-56-52-48-44-40-37-32-30-26-22-18-14-10-6-2)70-92-96(85,86)90-66-71(78)65-89-95(83,84)91-69-72(93-76(81)63-59-55-51-47-42-28-24-20-16-12-8-4)67-87-74(79)61-57-53-49-45-41-27-23-19-15-11-7-3/h9,13,19-26,31-33,35-37,39,43,71-73,78H,5-8,10-12,14-18,27-30,34,38,40-42,44-70H2,1-4H3,(H,83,84)(H,85,86)/b13-9-,23-19-,24-20-,25-21-,26-22-,33-31-,36-35-,37-32-,43-39-. The number of esters is 4. The van der Waals surface area contributed by atoms with Gasteiger partial charge in [-0.3, -0.25) is 37.3 Å². The van der Waals surface area contributed by atoms with E-state index in [4.69, 9.17) is 37.0 Å². The Morgan fingerprint density at radius 2 is 0.552 bits per heavy atom. The average Bonchev–Trinajstić information content (AvgIpc) is 1.41. The molecule has 0 aliphatic heterocycles. The lowest BCUT2D eigenvalue weighted by Crippen LogP contribution is -2.30. The summed E-state index contributed by atoms with van der Waals surface area (Å²) in [6.07, 6.45) is 72.4. The molecule has 0 bridgehead atoms. The Kier molecular flexibility index (Phi) is 66.1. The number of rotatable bonds is 69. The highest BCUT2D eigenvalue weighted by Crippen LogP contribution is 2.45. The minimum Gasteiger partial charge on any atom is -0.462 e. The molecular weight excluding hydrogens is 1260 g/mol. The lowest BCUT2D eigenvalue weighted by atomic mass is 10.1. The maximum atomic E-state index is 13.1. The van der Waals surface area contributed by atoms with Crippen molar-refractivity contribution in [3.63, 3.8) is 0 Å². The van der Waals surface area contributed by atoms with Crippen LogP contribution < -0.4 is 0 Å². The highest BCUT2D eigenvalue weighted by atomic mass is 31.2. The Hall–Kier alpha value is -4.28. The molecule has 0 fully saturated rings. The van der Waals surface area contributed by atoms with Crippen molar-refractivity contribution in [2.45, 2.75) is 316 Å². The first kappa shape index (κ1) is 91.7. The van der Waals surface area contributed by atoms with Crippen molar-refractivity contribution in [3.05, 3.63) is 109 Å². The first-order valence-corrected chi connectivity index (χ1v) is 40.1. The number of aliphatic hydroxyl groups is 1. The molecule has 0 amide bonds. The zero-order chi connectivity index (χ0) is 70.4. The molecule has 0 saturated heterocycles. The Bertz CT molecular complexity index is 2250. The number of hydrogen-bond acceptors (Lipinski definition) is 15. The monoisotopic (exact) mass is 1390 g/mol. The summed E-state index contributed by atoms with van der Waals surface area (Å²) in [5.74, 6) is -2.24. The zero-order valence-corrected chi connectivity index (χ0v) is 61.8. The molecule has 0 aliphatic carbocycles. The van der Waals surface area contributed by atoms with Crippen LogP contribution in [0, 0.1) is 0 Å². The SMILES string of the molecule is CC/C=C\C/C=C\C/C=C\C/C=C\C/C=C\CCCCCC(=O)OCC(COP(=O)(O)OCC(O)COP(=O)(O)OCC(COC(=O)CCCCCCC/C=C\CCCC)OC(=O)CCCCCCC/C=C\CCCC)OC(=O)CCCCCCC/C=C\C/C=C\CCCCC. The number of hydrogen-bond donors (Lipinski definition) is 3. The number of carbonyl (C=O) groups is 4. The summed E-state index contributed by atoms with van der Waals surface area (Å²) in [4.78, 5) is 72.7. The van der Waals surface area contributed by atoms with Gasteiger partial charge in [-0.15, -0.1) is 0 Å². The van der Waals surface area contributed by atoms with E-state index in [0.717, 1.165) is 173 Å². The van der Waals surface area contributed by atoms with Crippen molar-refractivity contribution < 1.29 is 80.2 Å². The fourth-order valence-corrected chi connectivity index (χ4v) is 11.1. The van der Waals surface area contributed by atoms with Gasteiger partial charge in [0.2, 0.25) is 0 Å². The topological polar surface area (TPSA) is 237 Å². The number of unbranched alkanes of at least 4 members (excludes halogenated alkanes) is 25. The molecule has 0 aromatic rings. The Balaban J connectivity index is 5.37. The van der Waals surface area contributed by atoms with Gasteiger partial charge in [-0.2, -0.15) is 0 Å².